The summed E-state index contributed by atoms with van der Waals surface area (Å²) in [5.74, 6) is -0.387. The first-order valence-corrected chi connectivity index (χ1v) is 7.46. The minimum Gasteiger partial charge on any atom is -0.508 e. The van der Waals surface area contributed by atoms with Crippen molar-refractivity contribution < 1.29 is 29.3 Å². The smallest absolute Gasteiger partial charge is 0.303 e. The van der Waals surface area contributed by atoms with E-state index in [0.717, 1.165) is 0 Å². The Hall–Kier alpha value is -2.77. The first kappa shape index (κ1) is 19.3. The van der Waals surface area contributed by atoms with Gasteiger partial charge in [-0.1, -0.05) is 6.42 Å². The molecule has 8 nitrogen and oxygen atoms in total. The molecule has 0 atom stereocenters. The standard InChI is InChI=1S/C16H22N2O6/c1-23-13-8-11(19)9-14(24-2)12(13)10-17-18-15(20)6-4-3-5-7-16(21)22/h8-10,19H,3-7H2,1-2H3,(H,18,20)(H,21,22)/b17-10+. The van der Waals surface area contributed by atoms with Gasteiger partial charge in [0.15, 0.2) is 0 Å². The van der Waals surface area contributed by atoms with Crippen LogP contribution in [0.5, 0.6) is 17.2 Å². The Balaban J connectivity index is 2.52. The number of rotatable bonds is 10. The number of amides is 1. The molecule has 1 rings (SSSR count). The molecule has 0 aliphatic heterocycles. The van der Waals surface area contributed by atoms with E-state index >= 15 is 0 Å². The van der Waals surface area contributed by atoms with E-state index < -0.39 is 5.97 Å². The molecule has 24 heavy (non-hydrogen) atoms. The monoisotopic (exact) mass is 338 g/mol. The number of benzene rings is 1. The fraction of sp³-hybridized carbons (Fsp3) is 0.438. The molecule has 3 N–H and O–H groups in total. The van der Waals surface area contributed by atoms with Crippen LogP contribution in [0.3, 0.4) is 0 Å². The average Bonchev–Trinajstić information content (AvgIpc) is 2.54. The zero-order valence-electron chi connectivity index (χ0n) is 13.7. The number of phenolic OH excluding ortho intramolecular Hbond substituents is 1. The quantitative estimate of drug-likeness (QED) is 0.341. The molecule has 0 spiro atoms. The summed E-state index contributed by atoms with van der Waals surface area (Å²) in [5, 5.41) is 21.9. The van der Waals surface area contributed by atoms with Gasteiger partial charge in [0.2, 0.25) is 5.91 Å². The topological polar surface area (TPSA) is 117 Å². The largest absolute Gasteiger partial charge is 0.508 e. The summed E-state index contributed by atoms with van der Waals surface area (Å²) >= 11 is 0. The lowest BCUT2D eigenvalue weighted by atomic mass is 10.1. The highest BCUT2D eigenvalue weighted by Gasteiger charge is 2.10. The van der Waals surface area contributed by atoms with E-state index in [1.807, 2.05) is 0 Å². The molecule has 8 heteroatoms. The number of aliphatic carboxylic acids is 1. The number of ether oxygens (including phenoxy) is 2. The van der Waals surface area contributed by atoms with Crippen LogP contribution >= 0.6 is 0 Å². The van der Waals surface area contributed by atoms with Crippen LogP contribution in [-0.2, 0) is 9.59 Å². The summed E-state index contributed by atoms with van der Waals surface area (Å²) in [6, 6.07) is 2.82. The van der Waals surface area contributed by atoms with E-state index in [1.165, 1.54) is 32.6 Å². The van der Waals surface area contributed by atoms with Gasteiger partial charge in [0.05, 0.1) is 26.0 Å². The number of nitrogens with zero attached hydrogens (tertiary/aromatic N) is 1. The fourth-order valence-electron chi connectivity index (χ4n) is 2.02. The molecular formula is C16H22N2O6. The van der Waals surface area contributed by atoms with Gasteiger partial charge in [-0.15, -0.1) is 0 Å². The van der Waals surface area contributed by atoms with Gasteiger partial charge in [-0.2, -0.15) is 5.10 Å². The molecule has 0 aliphatic rings. The van der Waals surface area contributed by atoms with Gasteiger partial charge in [-0.05, 0) is 12.8 Å². The van der Waals surface area contributed by atoms with Gasteiger partial charge in [0.25, 0.3) is 0 Å². The Bertz CT molecular complexity index is 575. The van der Waals surface area contributed by atoms with Crippen molar-refractivity contribution in [3.8, 4) is 17.2 Å². The van der Waals surface area contributed by atoms with E-state index in [2.05, 4.69) is 10.5 Å². The maximum atomic E-state index is 11.6. The number of aromatic hydroxyl groups is 1. The third kappa shape index (κ3) is 6.55. The van der Waals surface area contributed by atoms with Crippen molar-refractivity contribution in [3.05, 3.63) is 17.7 Å². The molecule has 0 heterocycles. The summed E-state index contributed by atoms with van der Waals surface area (Å²) in [6.07, 6.45) is 3.57. The highest BCUT2D eigenvalue weighted by molar-refractivity contribution is 5.89. The number of phenols is 1. The average molecular weight is 338 g/mol. The molecule has 1 aromatic carbocycles. The summed E-state index contributed by atoms with van der Waals surface area (Å²) in [5.41, 5.74) is 2.87. The van der Waals surface area contributed by atoms with Gasteiger partial charge < -0.3 is 19.7 Å². The molecular weight excluding hydrogens is 316 g/mol. The van der Waals surface area contributed by atoms with Crippen molar-refractivity contribution in [3.63, 3.8) is 0 Å². The number of carboxylic acid groups (broad SMARTS) is 1. The lowest BCUT2D eigenvalue weighted by Gasteiger charge is -2.10. The molecule has 0 bridgehead atoms. The predicted octanol–water partition coefficient (Wildman–Crippen LogP) is 1.89. The van der Waals surface area contributed by atoms with Gasteiger partial charge >= 0.3 is 5.97 Å². The highest BCUT2D eigenvalue weighted by Crippen LogP contribution is 2.31. The van der Waals surface area contributed by atoms with Crippen LogP contribution < -0.4 is 14.9 Å². The second-order valence-electron chi connectivity index (χ2n) is 5.01. The highest BCUT2D eigenvalue weighted by atomic mass is 16.5. The van der Waals surface area contributed by atoms with Crippen molar-refractivity contribution in [1.29, 1.82) is 0 Å². The third-order valence-corrected chi connectivity index (χ3v) is 3.21. The maximum Gasteiger partial charge on any atom is 0.303 e. The van der Waals surface area contributed by atoms with E-state index in [4.69, 9.17) is 14.6 Å². The zero-order valence-corrected chi connectivity index (χ0v) is 13.7. The van der Waals surface area contributed by atoms with E-state index in [0.29, 0.717) is 36.3 Å². The van der Waals surface area contributed by atoms with Gasteiger partial charge in [-0.3, -0.25) is 9.59 Å². The van der Waals surface area contributed by atoms with Crippen molar-refractivity contribution in [2.45, 2.75) is 32.1 Å². The summed E-state index contributed by atoms with van der Waals surface area (Å²) < 4.78 is 10.3. The first-order chi connectivity index (χ1) is 11.5. The van der Waals surface area contributed by atoms with Crippen LogP contribution in [0.2, 0.25) is 0 Å². The minimum atomic E-state index is -0.833. The minimum absolute atomic E-state index is 0.00811. The summed E-state index contributed by atoms with van der Waals surface area (Å²) in [7, 11) is 2.89. The fourth-order valence-corrected chi connectivity index (χ4v) is 2.02. The Morgan fingerprint density at radius 1 is 1.12 bits per heavy atom. The van der Waals surface area contributed by atoms with E-state index in [9.17, 15) is 14.7 Å². The SMILES string of the molecule is COc1cc(O)cc(OC)c1/C=N/NC(=O)CCCCCC(=O)O. The lowest BCUT2D eigenvalue weighted by Crippen LogP contribution is -2.17. The van der Waals surface area contributed by atoms with Crippen LogP contribution in [0.25, 0.3) is 0 Å². The number of nitrogens with one attached hydrogen (secondary N) is 1. The molecule has 1 amide bonds. The van der Waals surface area contributed by atoms with Gasteiger partial charge in [-0.25, -0.2) is 5.43 Å². The Labute approximate surface area is 140 Å². The number of carboxylic acids is 1. The van der Waals surface area contributed by atoms with E-state index in [-0.39, 0.29) is 24.5 Å². The van der Waals surface area contributed by atoms with Crippen LogP contribution in [-0.4, -0.2) is 42.5 Å². The van der Waals surface area contributed by atoms with Gasteiger partial charge in [0.1, 0.15) is 17.2 Å². The molecule has 0 aliphatic carbocycles. The van der Waals surface area contributed by atoms with Crippen LogP contribution in [0.4, 0.5) is 0 Å². The van der Waals surface area contributed by atoms with Crippen molar-refractivity contribution in [2.75, 3.05) is 14.2 Å². The molecule has 1 aromatic rings. The normalized spacial score (nSPS) is 10.6. The third-order valence-electron chi connectivity index (χ3n) is 3.21. The first-order valence-electron chi connectivity index (χ1n) is 7.46. The zero-order chi connectivity index (χ0) is 17.9. The number of carbonyl (C=O) groups is 2. The number of hydrogen-bond donors (Lipinski definition) is 3. The van der Waals surface area contributed by atoms with Crippen molar-refractivity contribution in [2.24, 2.45) is 5.10 Å². The molecule has 132 valence electrons. The number of unbranched alkanes of at least 4 members (excludes halogenated alkanes) is 2. The summed E-state index contributed by atoms with van der Waals surface area (Å²) in [4.78, 5) is 22.0. The number of hydrazone groups is 1. The van der Waals surface area contributed by atoms with Crippen LogP contribution in [0.1, 0.15) is 37.7 Å². The van der Waals surface area contributed by atoms with Crippen LogP contribution in [0.15, 0.2) is 17.2 Å². The second-order valence-corrected chi connectivity index (χ2v) is 5.01. The molecule has 0 fully saturated rings. The predicted molar refractivity (Wildman–Crippen MR) is 87.7 cm³/mol. The molecule has 0 saturated heterocycles. The molecule has 0 radical (unpaired) electrons. The second kappa shape index (κ2) is 10.1. The Morgan fingerprint density at radius 2 is 1.71 bits per heavy atom. The Kier molecular flexibility index (Phi) is 8.10. The van der Waals surface area contributed by atoms with Crippen molar-refractivity contribution >= 4 is 18.1 Å². The molecule has 0 saturated carbocycles. The maximum absolute atomic E-state index is 11.6. The van der Waals surface area contributed by atoms with Crippen LogP contribution in [0, 0.1) is 0 Å². The number of hydrogen-bond acceptors (Lipinski definition) is 6. The Morgan fingerprint density at radius 3 is 2.25 bits per heavy atom. The molecule has 0 unspecified atom stereocenters. The number of methoxy groups -OCH3 is 2. The van der Waals surface area contributed by atoms with Gasteiger partial charge in [0, 0.05) is 25.0 Å². The molecule has 0 aromatic heterocycles. The lowest BCUT2D eigenvalue weighted by molar-refractivity contribution is -0.137. The number of carbonyl (C=O) groups excluding carboxylic acids is 1. The van der Waals surface area contributed by atoms with E-state index in [1.54, 1.807) is 0 Å². The van der Waals surface area contributed by atoms with Crippen molar-refractivity contribution in [1.82, 2.24) is 5.43 Å². The summed E-state index contributed by atoms with van der Waals surface area (Å²) in [6.45, 7) is 0.